The van der Waals surface area contributed by atoms with Gasteiger partial charge in [0, 0.05) is 38.8 Å². The summed E-state index contributed by atoms with van der Waals surface area (Å²) in [4.78, 5) is 25.7. The molecule has 26 heavy (non-hydrogen) atoms. The monoisotopic (exact) mass is 409 g/mol. The van der Waals surface area contributed by atoms with Crippen LogP contribution in [0.2, 0.25) is 6.04 Å². The lowest BCUT2D eigenvalue weighted by Gasteiger charge is -2.28. The van der Waals surface area contributed by atoms with Crippen molar-refractivity contribution < 1.29 is 31.3 Å². The molecule has 2 N–H and O–H groups in total. The molecule has 0 aromatic carbocycles. The number of hydrogen-bond acceptors (Lipinski definition) is 7. The van der Waals surface area contributed by atoms with Gasteiger partial charge in [-0.3, -0.25) is 10.1 Å². The topological polar surface area (TPSA) is 132 Å². The second-order valence-electron chi connectivity index (χ2n) is 5.37. The molecular formula is C14H27N3O7SSi. The zero-order valence-electron chi connectivity index (χ0n) is 15.4. The largest absolute Gasteiger partial charge is 0.500 e. The van der Waals surface area contributed by atoms with Crippen molar-refractivity contribution in [1.29, 1.82) is 0 Å². The number of urea groups is 1. The summed E-state index contributed by atoms with van der Waals surface area (Å²) in [5.74, 6) is -0.969. The molecule has 0 spiro atoms. The van der Waals surface area contributed by atoms with Gasteiger partial charge in [0.15, 0.2) is 0 Å². The first-order chi connectivity index (χ1) is 12.3. The molecule has 0 fully saturated rings. The summed E-state index contributed by atoms with van der Waals surface area (Å²) in [6.07, 6.45) is 0.369. The van der Waals surface area contributed by atoms with Gasteiger partial charge in [-0.15, -0.1) is 0 Å². The second kappa shape index (κ2) is 10.8. The van der Waals surface area contributed by atoms with E-state index in [0.717, 1.165) is 0 Å². The molecule has 1 aliphatic rings. The third-order valence-corrected chi connectivity index (χ3v) is 7.94. The smallest absolute Gasteiger partial charge is 0.374 e. The first-order valence-corrected chi connectivity index (χ1v) is 12.2. The van der Waals surface area contributed by atoms with E-state index in [2.05, 4.69) is 9.71 Å². The van der Waals surface area contributed by atoms with Crippen LogP contribution in [0.5, 0.6) is 0 Å². The fraction of sp³-hybridized carbons (Fsp3) is 0.786. The number of nitrogens with one attached hydrogen (secondary N) is 2. The maximum absolute atomic E-state index is 12.0. The van der Waals surface area contributed by atoms with E-state index in [1.807, 2.05) is 26.1 Å². The van der Waals surface area contributed by atoms with Gasteiger partial charge in [0.25, 0.3) is 5.91 Å². The molecule has 0 aliphatic carbocycles. The van der Waals surface area contributed by atoms with Crippen LogP contribution in [-0.4, -0.2) is 67.0 Å². The molecule has 150 valence electrons. The highest BCUT2D eigenvalue weighted by Gasteiger charge is 2.39. The average Bonchev–Trinajstić information content (AvgIpc) is 2.88. The van der Waals surface area contributed by atoms with Crippen molar-refractivity contribution in [1.82, 2.24) is 10.0 Å². The van der Waals surface area contributed by atoms with E-state index in [4.69, 9.17) is 13.3 Å². The summed E-state index contributed by atoms with van der Waals surface area (Å²) >= 11 is 0. The minimum Gasteiger partial charge on any atom is -0.374 e. The first kappa shape index (κ1) is 22.9. The molecule has 0 saturated carbocycles. The Kier molecular flexibility index (Phi) is 9.53. The van der Waals surface area contributed by atoms with Crippen molar-refractivity contribution in [2.45, 2.75) is 39.7 Å². The lowest BCUT2D eigenvalue weighted by Crippen LogP contribution is -2.46. The van der Waals surface area contributed by atoms with Crippen molar-refractivity contribution in [3.05, 3.63) is 0 Å². The van der Waals surface area contributed by atoms with Crippen LogP contribution in [0.1, 0.15) is 33.6 Å². The lowest BCUT2D eigenvalue weighted by atomic mass is 10.3. The van der Waals surface area contributed by atoms with E-state index >= 15 is 0 Å². The number of imide groups is 1. The first-order valence-electron chi connectivity index (χ1n) is 8.59. The molecule has 12 heteroatoms. The third-order valence-electron chi connectivity index (χ3n) is 3.40. The van der Waals surface area contributed by atoms with Crippen LogP contribution in [-0.2, 0) is 28.1 Å². The maximum atomic E-state index is 12.0. The normalized spacial score (nSPS) is 15.3. The highest BCUT2D eigenvalue weighted by Crippen LogP contribution is 2.17. The van der Waals surface area contributed by atoms with Crippen LogP contribution in [0.3, 0.4) is 0 Å². The summed E-state index contributed by atoms with van der Waals surface area (Å²) in [5.41, 5.74) is -0.0733. The summed E-state index contributed by atoms with van der Waals surface area (Å²) in [6.45, 7) is 7.14. The molecule has 0 aromatic heterocycles. The number of hydrogen-bond donors (Lipinski definition) is 2. The number of nitrogens with zero attached hydrogens (tertiary/aromatic N) is 1. The summed E-state index contributed by atoms with van der Waals surface area (Å²) in [7, 11) is -6.39. The molecule has 0 aromatic rings. The van der Waals surface area contributed by atoms with Crippen LogP contribution in [0.25, 0.3) is 0 Å². The molecule has 1 aliphatic heterocycles. The van der Waals surface area contributed by atoms with Gasteiger partial charge in [0.2, 0.25) is 10.0 Å². The summed E-state index contributed by atoms with van der Waals surface area (Å²) < 4.78 is 43.6. The Balaban J connectivity index is 2.45. The maximum Gasteiger partial charge on any atom is 0.500 e. The third kappa shape index (κ3) is 7.59. The number of carbonyl (C=O) groups is 2. The Morgan fingerprint density at radius 1 is 1.08 bits per heavy atom. The van der Waals surface area contributed by atoms with Gasteiger partial charge in [-0.2, -0.15) is 4.99 Å². The highest BCUT2D eigenvalue weighted by molar-refractivity contribution is 7.89. The standard InChI is InChI=1S/C14H27N3O7SSi/c1-4-22-26(23-5-2,24-6-3)11-7-9-15-25(20,21)10-8-12-13(18)17-14(19)16-12/h15H,4-11H2,1-3H3,(H,17,18,19). The van der Waals surface area contributed by atoms with Gasteiger partial charge in [0.05, 0.1) is 5.75 Å². The van der Waals surface area contributed by atoms with Crippen LogP contribution in [0.4, 0.5) is 4.79 Å². The van der Waals surface area contributed by atoms with Crippen LogP contribution >= 0.6 is 0 Å². The zero-order chi connectivity index (χ0) is 19.6. The minimum atomic E-state index is -3.59. The Morgan fingerprint density at radius 2 is 1.65 bits per heavy atom. The predicted octanol–water partition coefficient (Wildman–Crippen LogP) is 0.425. The molecule has 10 nitrogen and oxygen atoms in total. The van der Waals surface area contributed by atoms with Gasteiger partial charge in [-0.25, -0.2) is 17.9 Å². The van der Waals surface area contributed by atoms with Gasteiger partial charge >= 0.3 is 14.8 Å². The quantitative estimate of drug-likeness (QED) is 0.314. The number of amides is 3. The van der Waals surface area contributed by atoms with Crippen LogP contribution in [0.15, 0.2) is 4.99 Å². The molecule has 0 unspecified atom stereocenters. The Morgan fingerprint density at radius 3 is 2.12 bits per heavy atom. The van der Waals surface area contributed by atoms with Crippen molar-refractivity contribution in [3.8, 4) is 0 Å². The molecule has 0 radical (unpaired) electrons. The van der Waals surface area contributed by atoms with E-state index in [0.29, 0.717) is 32.3 Å². The van der Waals surface area contributed by atoms with Gasteiger partial charge < -0.3 is 13.3 Å². The number of carbonyl (C=O) groups excluding carboxylic acids is 2. The number of aliphatic imine (C=N–C) groups is 1. The SMILES string of the molecule is CCO[Si](CCCNS(=O)(=O)CCC1=NC(=O)NC1=O)(OCC)OCC. The van der Waals surface area contributed by atoms with Crippen LogP contribution < -0.4 is 10.0 Å². The highest BCUT2D eigenvalue weighted by atomic mass is 32.2. The lowest BCUT2D eigenvalue weighted by molar-refractivity contribution is -0.113. The summed E-state index contributed by atoms with van der Waals surface area (Å²) in [6, 6.07) is -0.270. The Bertz CT molecular complexity index is 607. The molecule has 0 atom stereocenters. The van der Waals surface area contributed by atoms with Crippen molar-refractivity contribution in [2.24, 2.45) is 4.99 Å². The fourth-order valence-corrected chi connectivity index (χ4v) is 6.05. The van der Waals surface area contributed by atoms with E-state index in [1.165, 1.54) is 0 Å². The van der Waals surface area contributed by atoms with Crippen LogP contribution in [0, 0.1) is 0 Å². The summed E-state index contributed by atoms with van der Waals surface area (Å²) in [5, 5.41) is 1.97. The van der Waals surface area contributed by atoms with E-state index in [-0.39, 0.29) is 24.4 Å². The Labute approximate surface area is 155 Å². The minimum absolute atomic E-state index is 0.0733. The van der Waals surface area contributed by atoms with Gasteiger partial charge in [-0.05, 0) is 27.2 Å². The molecule has 0 saturated heterocycles. The second-order valence-corrected chi connectivity index (χ2v) is 10.0. The molecule has 1 rings (SSSR count). The molecule has 0 bridgehead atoms. The molecular weight excluding hydrogens is 382 g/mol. The van der Waals surface area contributed by atoms with Crippen molar-refractivity contribution in [2.75, 3.05) is 32.1 Å². The molecule has 1 heterocycles. The van der Waals surface area contributed by atoms with Crippen molar-refractivity contribution in [3.63, 3.8) is 0 Å². The number of sulfonamides is 1. The average molecular weight is 410 g/mol. The van der Waals surface area contributed by atoms with Crippen molar-refractivity contribution >= 4 is 36.5 Å². The van der Waals surface area contributed by atoms with Gasteiger partial charge in [0.1, 0.15) is 5.71 Å². The zero-order valence-corrected chi connectivity index (χ0v) is 17.2. The number of rotatable bonds is 14. The van der Waals surface area contributed by atoms with E-state index in [1.54, 1.807) is 0 Å². The van der Waals surface area contributed by atoms with E-state index < -0.39 is 30.8 Å². The Hall–Kier alpha value is -1.18. The fourth-order valence-electron chi connectivity index (χ4n) is 2.38. The van der Waals surface area contributed by atoms with Gasteiger partial charge in [-0.1, -0.05) is 0 Å². The van der Waals surface area contributed by atoms with E-state index in [9.17, 15) is 18.0 Å². The predicted molar refractivity (Wildman–Crippen MR) is 97.4 cm³/mol. The molecule has 3 amide bonds.